The lowest BCUT2D eigenvalue weighted by Crippen LogP contribution is -2.07. The summed E-state index contributed by atoms with van der Waals surface area (Å²) in [6, 6.07) is 5.62. The first-order valence-electron chi connectivity index (χ1n) is 5.16. The van der Waals surface area contributed by atoms with Crippen LogP contribution in [0.5, 0.6) is 0 Å². The Bertz CT molecular complexity index is 578. The lowest BCUT2D eigenvalue weighted by Gasteiger charge is -2.05. The average Bonchev–Trinajstić information content (AvgIpc) is 2.75. The smallest absolute Gasteiger partial charge is 0.348 e. The summed E-state index contributed by atoms with van der Waals surface area (Å²) in [6.07, 6.45) is 0. The van der Waals surface area contributed by atoms with E-state index in [9.17, 15) is 9.18 Å². The molecule has 1 heterocycles. The lowest BCUT2D eigenvalue weighted by atomic mass is 10.1. The number of carbonyl (C=O) groups is 1. The zero-order chi connectivity index (χ0) is 13.3. The normalized spacial score (nSPS) is 10.4. The molecule has 4 nitrogen and oxygen atoms in total. The van der Waals surface area contributed by atoms with Crippen molar-refractivity contribution in [2.45, 2.75) is 0 Å². The molecule has 0 aliphatic heterocycles. The highest BCUT2D eigenvalue weighted by Crippen LogP contribution is 2.32. The summed E-state index contributed by atoms with van der Waals surface area (Å²) in [5.74, 6) is -1.39. The standard InChI is InChI=1S/C12H11FN2O2S/c1-15(2)12-14-9(10(18-12)11(16)17)7-3-5-8(13)6-4-7/h3-6H,1-2H3,(H,16,17). The average molecular weight is 266 g/mol. The van der Waals surface area contributed by atoms with Crippen molar-refractivity contribution in [2.75, 3.05) is 19.0 Å². The second-order valence-corrected chi connectivity index (χ2v) is 4.86. The molecule has 0 saturated carbocycles. The Morgan fingerprint density at radius 3 is 2.44 bits per heavy atom. The summed E-state index contributed by atoms with van der Waals surface area (Å²) < 4.78 is 12.9. The van der Waals surface area contributed by atoms with Crippen LogP contribution < -0.4 is 4.90 Å². The summed E-state index contributed by atoms with van der Waals surface area (Å²) in [4.78, 5) is 17.3. The van der Waals surface area contributed by atoms with Gasteiger partial charge in [0.1, 0.15) is 10.7 Å². The van der Waals surface area contributed by atoms with Crippen LogP contribution in [0, 0.1) is 5.82 Å². The van der Waals surface area contributed by atoms with E-state index >= 15 is 0 Å². The van der Waals surface area contributed by atoms with Crippen molar-refractivity contribution < 1.29 is 14.3 Å². The number of halogens is 1. The zero-order valence-electron chi connectivity index (χ0n) is 9.85. The van der Waals surface area contributed by atoms with Gasteiger partial charge in [0.05, 0.1) is 5.69 Å². The van der Waals surface area contributed by atoms with E-state index in [4.69, 9.17) is 5.11 Å². The maximum Gasteiger partial charge on any atom is 0.348 e. The first kappa shape index (κ1) is 12.5. The molecule has 0 unspecified atom stereocenters. The number of carboxylic acid groups (broad SMARTS) is 1. The molecule has 0 aliphatic rings. The Kier molecular flexibility index (Phi) is 3.29. The highest BCUT2D eigenvalue weighted by Gasteiger charge is 2.19. The van der Waals surface area contributed by atoms with Crippen LogP contribution in [0.1, 0.15) is 9.67 Å². The molecule has 0 spiro atoms. The van der Waals surface area contributed by atoms with Crippen molar-refractivity contribution in [3.8, 4) is 11.3 Å². The first-order valence-corrected chi connectivity index (χ1v) is 5.98. The Balaban J connectivity index is 2.55. The minimum absolute atomic E-state index is 0.158. The van der Waals surface area contributed by atoms with Crippen molar-refractivity contribution >= 4 is 22.4 Å². The minimum atomic E-state index is -1.03. The molecule has 0 atom stereocenters. The van der Waals surface area contributed by atoms with Gasteiger partial charge >= 0.3 is 5.97 Å². The van der Waals surface area contributed by atoms with E-state index in [1.165, 1.54) is 24.3 Å². The van der Waals surface area contributed by atoms with Gasteiger partial charge in [0.15, 0.2) is 5.13 Å². The van der Waals surface area contributed by atoms with E-state index in [2.05, 4.69) is 4.98 Å². The molecule has 0 aliphatic carbocycles. The van der Waals surface area contributed by atoms with E-state index < -0.39 is 5.97 Å². The number of carboxylic acids is 1. The molecule has 0 fully saturated rings. The number of rotatable bonds is 3. The summed E-state index contributed by atoms with van der Waals surface area (Å²) in [7, 11) is 3.58. The lowest BCUT2D eigenvalue weighted by molar-refractivity contribution is 0.0702. The SMILES string of the molecule is CN(C)c1nc(-c2ccc(F)cc2)c(C(=O)O)s1. The second-order valence-electron chi connectivity index (χ2n) is 3.88. The molecule has 0 amide bonds. The number of hydrogen-bond acceptors (Lipinski definition) is 4. The van der Waals surface area contributed by atoms with Gasteiger partial charge in [-0.15, -0.1) is 0 Å². The van der Waals surface area contributed by atoms with Crippen LogP contribution in [-0.2, 0) is 0 Å². The van der Waals surface area contributed by atoms with Crippen molar-refractivity contribution in [3.05, 3.63) is 35.0 Å². The molecule has 0 saturated heterocycles. The number of thiazole rings is 1. The van der Waals surface area contributed by atoms with E-state index in [0.29, 0.717) is 16.4 Å². The Morgan fingerprint density at radius 2 is 1.94 bits per heavy atom. The number of hydrogen-bond donors (Lipinski definition) is 1. The number of anilines is 1. The molecular weight excluding hydrogens is 255 g/mol. The van der Waals surface area contributed by atoms with Crippen LogP contribution in [0.3, 0.4) is 0 Å². The Hall–Kier alpha value is -1.95. The molecule has 0 radical (unpaired) electrons. The molecule has 1 aromatic carbocycles. The van der Waals surface area contributed by atoms with Crippen molar-refractivity contribution in [1.82, 2.24) is 4.98 Å². The number of aromatic carboxylic acids is 1. The number of benzene rings is 1. The predicted molar refractivity (Wildman–Crippen MR) is 68.8 cm³/mol. The quantitative estimate of drug-likeness (QED) is 0.928. The van der Waals surface area contributed by atoms with Gasteiger partial charge in [0.25, 0.3) is 0 Å². The van der Waals surface area contributed by atoms with E-state index in [1.807, 2.05) is 0 Å². The fourth-order valence-electron chi connectivity index (χ4n) is 1.45. The highest BCUT2D eigenvalue weighted by atomic mass is 32.1. The fourth-order valence-corrected chi connectivity index (χ4v) is 2.30. The van der Waals surface area contributed by atoms with Gasteiger partial charge in [0.2, 0.25) is 0 Å². The maximum atomic E-state index is 12.9. The second kappa shape index (κ2) is 4.73. The monoisotopic (exact) mass is 266 g/mol. The summed E-state index contributed by atoms with van der Waals surface area (Å²) in [5.41, 5.74) is 0.967. The first-order chi connectivity index (χ1) is 8.49. The third-order valence-electron chi connectivity index (χ3n) is 2.31. The molecule has 2 aromatic rings. The number of aromatic nitrogens is 1. The van der Waals surface area contributed by atoms with Crippen LogP contribution in [0.15, 0.2) is 24.3 Å². The predicted octanol–water partition coefficient (Wildman–Crippen LogP) is 2.71. The topological polar surface area (TPSA) is 53.4 Å². The molecule has 6 heteroatoms. The van der Waals surface area contributed by atoms with Gasteiger partial charge in [-0.1, -0.05) is 11.3 Å². The maximum absolute atomic E-state index is 12.9. The van der Waals surface area contributed by atoms with E-state index in [0.717, 1.165) is 11.3 Å². The molecular formula is C12H11FN2O2S. The number of nitrogens with zero attached hydrogens (tertiary/aromatic N) is 2. The third kappa shape index (κ3) is 2.33. The molecule has 18 heavy (non-hydrogen) atoms. The van der Waals surface area contributed by atoms with Gasteiger partial charge in [-0.2, -0.15) is 0 Å². The molecule has 0 bridgehead atoms. The third-order valence-corrected chi connectivity index (χ3v) is 3.52. The summed E-state index contributed by atoms with van der Waals surface area (Å²) in [5, 5.41) is 9.76. The highest BCUT2D eigenvalue weighted by molar-refractivity contribution is 7.17. The van der Waals surface area contributed by atoms with Crippen LogP contribution in [0.2, 0.25) is 0 Å². The van der Waals surface area contributed by atoms with Gasteiger partial charge in [-0.25, -0.2) is 14.2 Å². The van der Waals surface area contributed by atoms with Crippen molar-refractivity contribution in [3.63, 3.8) is 0 Å². The Labute approximate surface area is 107 Å². The molecule has 94 valence electrons. The van der Waals surface area contributed by atoms with Gasteiger partial charge in [-0.05, 0) is 24.3 Å². The van der Waals surface area contributed by atoms with E-state index in [-0.39, 0.29) is 10.7 Å². The van der Waals surface area contributed by atoms with Crippen LogP contribution >= 0.6 is 11.3 Å². The zero-order valence-corrected chi connectivity index (χ0v) is 10.7. The molecule has 2 rings (SSSR count). The van der Waals surface area contributed by atoms with Crippen LogP contribution in [0.4, 0.5) is 9.52 Å². The van der Waals surface area contributed by atoms with Gasteiger partial charge < -0.3 is 10.0 Å². The fraction of sp³-hybridized carbons (Fsp3) is 0.167. The van der Waals surface area contributed by atoms with Gasteiger partial charge in [-0.3, -0.25) is 0 Å². The van der Waals surface area contributed by atoms with E-state index in [1.54, 1.807) is 19.0 Å². The van der Waals surface area contributed by atoms with Crippen molar-refractivity contribution in [1.29, 1.82) is 0 Å². The molecule has 1 N–H and O–H groups in total. The van der Waals surface area contributed by atoms with Crippen LogP contribution in [0.25, 0.3) is 11.3 Å². The van der Waals surface area contributed by atoms with Gasteiger partial charge in [0, 0.05) is 19.7 Å². The summed E-state index contributed by atoms with van der Waals surface area (Å²) >= 11 is 1.10. The largest absolute Gasteiger partial charge is 0.477 e. The molecule has 1 aromatic heterocycles. The van der Waals surface area contributed by atoms with Crippen LogP contribution in [-0.4, -0.2) is 30.2 Å². The summed E-state index contributed by atoms with van der Waals surface area (Å²) in [6.45, 7) is 0. The van der Waals surface area contributed by atoms with Crippen molar-refractivity contribution in [2.24, 2.45) is 0 Å². The minimum Gasteiger partial charge on any atom is -0.477 e. The Morgan fingerprint density at radius 1 is 1.33 bits per heavy atom.